The van der Waals surface area contributed by atoms with E-state index in [1.54, 1.807) is 17.1 Å². The van der Waals surface area contributed by atoms with Gasteiger partial charge in [-0.2, -0.15) is 0 Å². The Morgan fingerprint density at radius 2 is 2.05 bits per heavy atom. The summed E-state index contributed by atoms with van der Waals surface area (Å²) >= 11 is 0. The van der Waals surface area contributed by atoms with Crippen LogP contribution in [0.3, 0.4) is 0 Å². The van der Waals surface area contributed by atoms with Gasteiger partial charge in [0, 0.05) is 26.1 Å². The van der Waals surface area contributed by atoms with Crippen LogP contribution < -0.4 is 5.32 Å². The van der Waals surface area contributed by atoms with Gasteiger partial charge in [-0.05, 0) is 12.8 Å². The third kappa shape index (κ3) is 2.72. The predicted octanol–water partition coefficient (Wildman–Crippen LogP) is -0.231. The number of carboxylic acid groups (broad SMARTS) is 1. The van der Waals surface area contributed by atoms with E-state index in [-0.39, 0.29) is 11.8 Å². The van der Waals surface area contributed by atoms with Crippen molar-refractivity contribution >= 4 is 17.8 Å². The molecule has 3 aliphatic rings. The minimum Gasteiger partial charge on any atom is -0.481 e. The van der Waals surface area contributed by atoms with Gasteiger partial charge in [0.25, 0.3) is 0 Å². The first-order chi connectivity index (χ1) is 10.6. The van der Waals surface area contributed by atoms with Gasteiger partial charge in [-0.1, -0.05) is 12.2 Å². The standard InChI is InChI=1S/C15H20N2O5/c18-11-3-1-7-17(11)8-2-6-16-14(19)12-9-4-5-10(22-9)13(12)15(20)21/h4-5,9-10,12-13H,1-3,6-8H2,(H,16,19)(H,20,21)/t9-,10-,12-,13-/m0/s1. The van der Waals surface area contributed by atoms with Crippen molar-refractivity contribution in [2.24, 2.45) is 11.8 Å². The highest BCUT2D eigenvalue weighted by molar-refractivity contribution is 5.87. The minimum atomic E-state index is -1.00. The SMILES string of the molecule is O=C(O)[C@@H]1[C@@H](C(=O)NCCCN2CCCC2=O)[C@@H]2C=C[C@@H]1O2. The molecular weight excluding hydrogens is 288 g/mol. The second-order valence-electron chi connectivity index (χ2n) is 5.97. The Kier molecular flexibility index (Phi) is 4.15. The van der Waals surface area contributed by atoms with Crippen molar-refractivity contribution in [2.75, 3.05) is 19.6 Å². The molecule has 2 bridgehead atoms. The Morgan fingerprint density at radius 1 is 1.32 bits per heavy atom. The van der Waals surface area contributed by atoms with Crippen molar-refractivity contribution in [3.05, 3.63) is 12.2 Å². The maximum absolute atomic E-state index is 12.2. The maximum atomic E-state index is 12.2. The fourth-order valence-corrected chi connectivity index (χ4v) is 3.45. The molecule has 0 aromatic heterocycles. The number of nitrogens with one attached hydrogen (secondary N) is 1. The molecule has 22 heavy (non-hydrogen) atoms. The average Bonchev–Trinajstić information content (AvgIpc) is 3.18. The Hall–Kier alpha value is -1.89. The quantitative estimate of drug-likeness (QED) is 0.522. The number of carboxylic acids is 1. The summed E-state index contributed by atoms with van der Waals surface area (Å²) < 4.78 is 5.48. The fourth-order valence-electron chi connectivity index (χ4n) is 3.45. The molecule has 0 spiro atoms. The highest BCUT2D eigenvalue weighted by Crippen LogP contribution is 2.39. The molecule has 4 atom stereocenters. The summed E-state index contributed by atoms with van der Waals surface area (Å²) in [5, 5.41) is 12.0. The number of carbonyl (C=O) groups is 3. The number of fused-ring (bicyclic) bond motifs is 2. The highest BCUT2D eigenvalue weighted by atomic mass is 16.5. The number of aliphatic carboxylic acids is 1. The lowest BCUT2D eigenvalue weighted by Crippen LogP contribution is -2.43. The first-order valence-corrected chi connectivity index (χ1v) is 7.70. The van der Waals surface area contributed by atoms with Gasteiger partial charge < -0.3 is 20.1 Å². The molecule has 0 aliphatic carbocycles. The second-order valence-corrected chi connectivity index (χ2v) is 5.97. The number of hydrogen-bond acceptors (Lipinski definition) is 4. The van der Waals surface area contributed by atoms with Crippen LogP contribution >= 0.6 is 0 Å². The van der Waals surface area contributed by atoms with Crippen molar-refractivity contribution in [1.29, 1.82) is 0 Å². The molecule has 0 aromatic rings. The fraction of sp³-hybridized carbons (Fsp3) is 0.667. The zero-order valence-corrected chi connectivity index (χ0v) is 12.2. The second kappa shape index (κ2) is 6.08. The van der Waals surface area contributed by atoms with Gasteiger partial charge in [-0.3, -0.25) is 14.4 Å². The minimum absolute atomic E-state index is 0.170. The summed E-state index contributed by atoms with van der Waals surface area (Å²) in [5.41, 5.74) is 0. The molecule has 7 nitrogen and oxygen atoms in total. The van der Waals surface area contributed by atoms with Gasteiger partial charge in [-0.25, -0.2) is 0 Å². The summed E-state index contributed by atoms with van der Waals surface area (Å²) in [4.78, 5) is 36.8. The van der Waals surface area contributed by atoms with Gasteiger partial charge in [-0.15, -0.1) is 0 Å². The molecule has 7 heteroatoms. The lowest BCUT2D eigenvalue weighted by molar-refractivity contribution is -0.146. The topological polar surface area (TPSA) is 95.9 Å². The van der Waals surface area contributed by atoms with Crippen LogP contribution in [0.4, 0.5) is 0 Å². The van der Waals surface area contributed by atoms with Gasteiger partial charge in [0.2, 0.25) is 11.8 Å². The van der Waals surface area contributed by atoms with Crippen molar-refractivity contribution in [3.8, 4) is 0 Å². The molecular formula is C15H20N2O5. The third-order valence-electron chi connectivity index (χ3n) is 4.56. The molecule has 3 rings (SSSR count). The van der Waals surface area contributed by atoms with Crippen molar-refractivity contribution in [3.63, 3.8) is 0 Å². The first kappa shape index (κ1) is 15.0. The molecule has 0 saturated carbocycles. The molecule has 2 fully saturated rings. The molecule has 3 heterocycles. The van der Waals surface area contributed by atoms with E-state index in [9.17, 15) is 19.5 Å². The summed E-state index contributed by atoms with van der Waals surface area (Å²) in [5.74, 6) is -2.59. The van der Waals surface area contributed by atoms with Crippen LogP contribution in [0.15, 0.2) is 12.2 Å². The van der Waals surface area contributed by atoms with E-state index in [2.05, 4.69) is 5.32 Å². The molecule has 2 saturated heterocycles. The van der Waals surface area contributed by atoms with Crippen LogP contribution in [0.1, 0.15) is 19.3 Å². The van der Waals surface area contributed by atoms with E-state index in [1.165, 1.54) is 0 Å². The summed E-state index contributed by atoms with van der Waals surface area (Å²) in [7, 11) is 0. The number of hydrogen-bond donors (Lipinski definition) is 2. The van der Waals surface area contributed by atoms with E-state index in [0.717, 1.165) is 13.0 Å². The number of amides is 2. The molecule has 3 aliphatic heterocycles. The molecule has 0 unspecified atom stereocenters. The van der Waals surface area contributed by atoms with Gasteiger partial charge in [0.1, 0.15) is 5.92 Å². The van der Waals surface area contributed by atoms with Gasteiger partial charge in [0.05, 0.1) is 18.1 Å². The van der Waals surface area contributed by atoms with E-state index in [0.29, 0.717) is 25.9 Å². The summed E-state index contributed by atoms with van der Waals surface area (Å²) in [6, 6.07) is 0. The maximum Gasteiger partial charge on any atom is 0.310 e. The van der Waals surface area contributed by atoms with E-state index in [1.807, 2.05) is 0 Å². The summed E-state index contributed by atoms with van der Waals surface area (Å²) in [6.45, 7) is 1.86. The average molecular weight is 308 g/mol. The van der Waals surface area contributed by atoms with E-state index >= 15 is 0 Å². The molecule has 0 radical (unpaired) electrons. The molecule has 120 valence electrons. The van der Waals surface area contributed by atoms with Gasteiger partial charge >= 0.3 is 5.97 Å². The third-order valence-corrected chi connectivity index (χ3v) is 4.56. The van der Waals surface area contributed by atoms with Crippen molar-refractivity contribution in [2.45, 2.75) is 31.5 Å². The van der Waals surface area contributed by atoms with E-state index in [4.69, 9.17) is 4.74 Å². The number of ether oxygens (including phenoxy) is 1. The van der Waals surface area contributed by atoms with Gasteiger partial charge in [0.15, 0.2) is 0 Å². The Balaban J connectivity index is 1.46. The van der Waals surface area contributed by atoms with Crippen LogP contribution in [0.5, 0.6) is 0 Å². The van der Waals surface area contributed by atoms with Crippen LogP contribution in [-0.4, -0.2) is 59.6 Å². The first-order valence-electron chi connectivity index (χ1n) is 7.70. The van der Waals surface area contributed by atoms with Crippen LogP contribution in [-0.2, 0) is 19.1 Å². The van der Waals surface area contributed by atoms with Crippen LogP contribution in [0.25, 0.3) is 0 Å². The van der Waals surface area contributed by atoms with E-state index < -0.39 is 30.0 Å². The number of nitrogens with zero attached hydrogens (tertiary/aromatic N) is 1. The Bertz CT molecular complexity index is 518. The largest absolute Gasteiger partial charge is 0.481 e. The summed E-state index contributed by atoms with van der Waals surface area (Å²) in [6.07, 6.45) is 4.73. The highest BCUT2D eigenvalue weighted by Gasteiger charge is 2.53. The molecule has 2 N–H and O–H groups in total. The molecule has 0 aromatic carbocycles. The Labute approximate surface area is 128 Å². The Morgan fingerprint density at radius 3 is 2.68 bits per heavy atom. The zero-order chi connectivity index (χ0) is 15.7. The number of carbonyl (C=O) groups excluding carboxylic acids is 2. The predicted molar refractivity (Wildman–Crippen MR) is 75.9 cm³/mol. The lowest BCUT2D eigenvalue weighted by Gasteiger charge is -2.21. The van der Waals surface area contributed by atoms with Crippen LogP contribution in [0, 0.1) is 11.8 Å². The lowest BCUT2D eigenvalue weighted by atomic mass is 9.82. The van der Waals surface area contributed by atoms with Crippen LogP contribution in [0.2, 0.25) is 0 Å². The number of likely N-dealkylation sites (tertiary alicyclic amines) is 1. The smallest absolute Gasteiger partial charge is 0.310 e. The molecule has 2 amide bonds. The normalized spacial score (nSPS) is 32.7. The van der Waals surface area contributed by atoms with Crippen molar-refractivity contribution < 1.29 is 24.2 Å². The monoisotopic (exact) mass is 308 g/mol. The zero-order valence-electron chi connectivity index (χ0n) is 12.2. The number of rotatable bonds is 6. The van der Waals surface area contributed by atoms with Crippen molar-refractivity contribution in [1.82, 2.24) is 10.2 Å².